The van der Waals surface area contributed by atoms with Crippen LogP contribution in [0.4, 0.5) is 4.79 Å². The van der Waals surface area contributed by atoms with Crippen molar-refractivity contribution in [3.8, 4) is 0 Å². The molecule has 0 saturated heterocycles. The van der Waals surface area contributed by atoms with Crippen molar-refractivity contribution in [1.29, 1.82) is 0 Å². The number of rotatable bonds is 3. The Balaban J connectivity index is 2.55. The van der Waals surface area contributed by atoms with Crippen LogP contribution in [0.5, 0.6) is 0 Å². The molecule has 0 aliphatic carbocycles. The molecular weight excluding hydrogens is 271 g/mol. The number of carboxylic acid groups (broad SMARTS) is 1. The average molecular weight is 280 g/mol. The minimum atomic E-state index is -1.04. The molecule has 14 heavy (non-hydrogen) atoms. The van der Waals surface area contributed by atoms with Gasteiger partial charge >= 0.3 is 6.09 Å². The van der Waals surface area contributed by atoms with Crippen LogP contribution in [0.3, 0.4) is 0 Å². The van der Waals surface area contributed by atoms with Gasteiger partial charge in [0.05, 0.1) is 10.7 Å². The van der Waals surface area contributed by atoms with Gasteiger partial charge in [0.15, 0.2) is 0 Å². The largest absolute Gasteiger partial charge is 0.465 e. The van der Waals surface area contributed by atoms with E-state index >= 15 is 0 Å². The third kappa shape index (κ3) is 3.51. The molecule has 0 fully saturated rings. The van der Waals surface area contributed by atoms with E-state index in [0.717, 1.165) is 4.47 Å². The van der Waals surface area contributed by atoms with Crippen molar-refractivity contribution >= 4 is 33.6 Å². The average Bonchev–Trinajstić information content (AvgIpc) is 2.08. The minimum Gasteiger partial charge on any atom is -0.465 e. The highest BCUT2D eigenvalue weighted by molar-refractivity contribution is 9.10. The van der Waals surface area contributed by atoms with Crippen LogP contribution < -0.4 is 5.32 Å². The third-order valence-corrected chi connectivity index (χ3v) is 2.28. The molecule has 0 aromatic carbocycles. The van der Waals surface area contributed by atoms with E-state index in [0.29, 0.717) is 23.7 Å². The lowest BCUT2D eigenvalue weighted by atomic mass is 10.3. The maximum atomic E-state index is 10.2. The monoisotopic (exact) mass is 278 g/mol. The second-order valence-corrected chi connectivity index (χ2v) is 3.89. The van der Waals surface area contributed by atoms with Crippen LogP contribution in [0.15, 0.2) is 16.7 Å². The zero-order valence-electron chi connectivity index (χ0n) is 7.13. The van der Waals surface area contributed by atoms with Gasteiger partial charge in [0.2, 0.25) is 0 Å². The van der Waals surface area contributed by atoms with Crippen molar-refractivity contribution in [3.63, 3.8) is 0 Å². The minimum absolute atomic E-state index is 0.309. The zero-order valence-corrected chi connectivity index (χ0v) is 9.47. The quantitative estimate of drug-likeness (QED) is 0.892. The maximum absolute atomic E-state index is 10.2. The number of amides is 1. The van der Waals surface area contributed by atoms with Crippen molar-refractivity contribution < 1.29 is 9.90 Å². The normalized spacial score (nSPS) is 9.86. The molecule has 76 valence electrons. The summed E-state index contributed by atoms with van der Waals surface area (Å²) >= 11 is 9.11. The topological polar surface area (TPSA) is 62.2 Å². The number of hydrogen-bond acceptors (Lipinski definition) is 2. The van der Waals surface area contributed by atoms with Gasteiger partial charge in [0.25, 0.3) is 0 Å². The molecule has 1 heterocycles. The Morgan fingerprint density at radius 3 is 3.00 bits per heavy atom. The van der Waals surface area contributed by atoms with Crippen molar-refractivity contribution in [1.82, 2.24) is 10.3 Å². The van der Waals surface area contributed by atoms with Gasteiger partial charge in [0, 0.05) is 23.6 Å². The Labute approximate surface area is 94.4 Å². The highest BCUT2D eigenvalue weighted by atomic mass is 79.9. The molecular formula is C8H8BrClN2O2. The molecule has 0 unspecified atom stereocenters. The highest BCUT2D eigenvalue weighted by Crippen LogP contribution is 2.18. The number of carbonyl (C=O) groups is 1. The second-order valence-electron chi connectivity index (χ2n) is 2.56. The molecule has 0 radical (unpaired) electrons. The number of hydrogen-bond donors (Lipinski definition) is 2. The van der Waals surface area contributed by atoms with Crippen LogP contribution in [0.2, 0.25) is 5.02 Å². The molecule has 0 bridgehead atoms. The molecule has 2 N–H and O–H groups in total. The summed E-state index contributed by atoms with van der Waals surface area (Å²) in [5, 5.41) is 11.1. The molecule has 0 aliphatic heterocycles. The van der Waals surface area contributed by atoms with Crippen LogP contribution in [0, 0.1) is 0 Å². The summed E-state index contributed by atoms with van der Waals surface area (Å²) in [4.78, 5) is 14.2. The Kier molecular flexibility index (Phi) is 4.16. The summed E-state index contributed by atoms with van der Waals surface area (Å²) in [6, 6.07) is 1.73. The smallest absolute Gasteiger partial charge is 0.404 e. The lowest BCUT2D eigenvalue weighted by Crippen LogP contribution is -2.23. The van der Waals surface area contributed by atoms with Crippen LogP contribution in [0.1, 0.15) is 5.69 Å². The fourth-order valence-corrected chi connectivity index (χ4v) is 1.64. The van der Waals surface area contributed by atoms with E-state index in [1.807, 2.05) is 0 Å². The molecule has 0 spiro atoms. The summed E-state index contributed by atoms with van der Waals surface area (Å²) in [5.41, 5.74) is 0.684. The Bertz CT molecular complexity index is 346. The number of pyridine rings is 1. The molecule has 6 heteroatoms. The fraction of sp³-hybridized carbons (Fsp3) is 0.250. The van der Waals surface area contributed by atoms with Crippen molar-refractivity contribution in [2.24, 2.45) is 0 Å². The standard InChI is InChI=1S/C8H8BrClN2O2/c9-5-3-6(10)7(12-4-5)1-2-11-8(13)14/h3-4,11H,1-2H2,(H,13,14). The summed E-state index contributed by atoms with van der Waals surface area (Å²) in [5.74, 6) is 0. The van der Waals surface area contributed by atoms with E-state index in [1.54, 1.807) is 12.3 Å². The predicted molar refractivity (Wildman–Crippen MR) is 56.7 cm³/mol. The second kappa shape index (κ2) is 5.17. The van der Waals surface area contributed by atoms with E-state index in [4.69, 9.17) is 16.7 Å². The van der Waals surface area contributed by atoms with Gasteiger partial charge in [-0.25, -0.2) is 4.79 Å². The van der Waals surface area contributed by atoms with E-state index in [9.17, 15) is 4.79 Å². The molecule has 1 aromatic heterocycles. The maximum Gasteiger partial charge on any atom is 0.404 e. The van der Waals surface area contributed by atoms with E-state index < -0.39 is 6.09 Å². The third-order valence-electron chi connectivity index (χ3n) is 1.52. The van der Waals surface area contributed by atoms with Crippen LogP contribution >= 0.6 is 27.5 Å². The molecule has 1 rings (SSSR count). The number of nitrogens with one attached hydrogen (secondary N) is 1. The van der Waals surface area contributed by atoms with Crippen molar-refractivity contribution in [2.45, 2.75) is 6.42 Å². The SMILES string of the molecule is O=C(O)NCCc1ncc(Br)cc1Cl. The number of halogens is 2. The van der Waals surface area contributed by atoms with Crippen LogP contribution in [-0.4, -0.2) is 22.7 Å². The highest BCUT2D eigenvalue weighted by Gasteiger charge is 2.03. The predicted octanol–water partition coefficient (Wildman–Crippen LogP) is 2.31. The van der Waals surface area contributed by atoms with E-state index in [-0.39, 0.29) is 0 Å². The van der Waals surface area contributed by atoms with Crippen LogP contribution in [0.25, 0.3) is 0 Å². The van der Waals surface area contributed by atoms with Gasteiger partial charge in [-0.3, -0.25) is 4.98 Å². The molecule has 0 saturated carbocycles. The number of nitrogens with zero attached hydrogens (tertiary/aromatic N) is 1. The summed E-state index contributed by atoms with van der Waals surface area (Å²) < 4.78 is 0.803. The first-order valence-corrected chi connectivity index (χ1v) is 5.03. The lowest BCUT2D eigenvalue weighted by Gasteiger charge is -2.03. The first-order valence-electron chi connectivity index (χ1n) is 3.86. The summed E-state index contributed by atoms with van der Waals surface area (Å²) in [7, 11) is 0. The van der Waals surface area contributed by atoms with Gasteiger partial charge in [-0.1, -0.05) is 11.6 Å². The zero-order chi connectivity index (χ0) is 10.6. The summed E-state index contributed by atoms with van der Waals surface area (Å²) in [6.07, 6.45) is 1.07. The Hall–Kier alpha value is -0.810. The lowest BCUT2D eigenvalue weighted by molar-refractivity contribution is 0.194. The Morgan fingerprint density at radius 2 is 2.43 bits per heavy atom. The fourth-order valence-electron chi connectivity index (χ4n) is 0.915. The van der Waals surface area contributed by atoms with E-state index in [1.165, 1.54) is 0 Å². The van der Waals surface area contributed by atoms with Gasteiger partial charge in [-0.15, -0.1) is 0 Å². The number of aromatic nitrogens is 1. The molecule has 0 atom stereocenters. The molecule has 4 nitrogen and oxygen atoms in total. The molecule has 0 aliphatic rings. The Morgan fingerprint density at radius 1 is 1.71 bits per heavy atom. The van der Waals surface area contributed by atoms with Gasteiger partial charge in [-0.2, -0.15) is 0 Å². The van der Waals surface area contributed by atoms with E-state index in [2.05, 4.69) is 26.2 Å². The van der Waals surface area contributed by atoms with Crippen molar-refractivity contribution in [3.05, 3.63) is 27.5 Å². The van der Waals surface area contributed by atoms with Gasteiger partial charge in [0.1, 0.15) is 0 Å². The van der Waals surface area contributed by atoms with Gasteiger partial charge < -0.3 is 10.4 Å². The first kappa shape index (κ1) is 11.3. The van der Waals surface area contributed by atoms with Crippen molar-refractivity contribution in [2.75, 3.05) is 6.54 Å². The van der Waals surface area contributed by atoms with Crippen LogP contribution in [-0.2, 0) is 6.42 Å². The van der Waals surface area contributed by atoms with Gasteiger partial charge in [-0.05, 0) is 22.0 Å². The molecule has 1 aromatic rings. The summed E-state index contributed by atoms with van der Waals surface area (Å²) in [6.45, 7) is 0.309. The first-order chi connectivity index (χ1) is 6.59. The molecule has 1 amide bonds.